The number of nitrogens with zero attached hydrogens (tertiary/aromatic N) is 1. The number of carbonyl (C=O) groups is 1. The smallest absolute Gasteiger partial charge is 0.287 e. The predicted molar refractivity (Wildman–Crippen MR) is 84.4 cm³/mol. The zero-order valence-electron chi connectivity index (χ0n) is 13.3. The third-order valence-corrected chi connectivity index (χ3v) is 3.93. The van der Waals surface area contributed by atoms with Crippen LogP contribution in [0.4, 0.5) is 8.78 Å². The number of aryl methyl sites for hydroxylation is 1. The number of hydroxylamine groups is 1. The van der Waals surface area contributed by atoms with Crippen molar-refractivity contribution in [1.29, 1.82) is 0 Å². The summed E-state index contributed by atoms with van der Waals surface area (Å²) in [6.45, 7) is 3.03. The molecule has 0 unspecified atom stereocenters. The van der Waals surface area contributed by atoms with Gasteiger partial charge in [-0.3, -0.25) is 14.8 Å². The summed E-state index contributed by atoms with van der Waals surface area (Å²) in [4.78, 5) is 23.7. The molecule has 0 aliphatic heterocycles. The molecule has 2 aromatic rings. The van der Waals surface area contributed by atoms with Gasteiger partial charge in [-0.15, -0.1) is 0 Å². The fraction of sp³-hybridized carbons (Fsp3) is 0.294. The van der Waals surface area contributed by atoms with E-state index in [-0.39, 0.29) is 24.1 Å². The molecule has 0 aliphatic rings. The number of benzene rings is 1. The molecule has 1 aromatic carbocycles. The highest BCUT2D eigenvalue weighted by molar-refractivity contribution is 5.80. The number of hydrogen-bond donors (Lipinski definition) is 2. The van der Waals surface area contributed by atoms with Crippen LogP contribution in [0, 0.1) is 17.0 Å². The largest absolute Gasteiger partial charge is 0.310 e. The first-order valence-corrected chi connectivity index (χ1v) is 7.36. The van der Waals surface area contributed by atoms with Crippen LogP contribution >= 0.6 is 0 Å². The Morgan fingerprint density at radius 1 is 1.25 bits per heavy atom. The second-order valence-corrected chi connectivity index (χ2v) is 6.11. The fourth-order valence-corrected chi connectivity index (χ4v) is 2.30. The maximum absolute atomic E-state index is 14.4. The maximum Gasteiger partial charge on any atom is 0.287 e. The molecule has 128 valence electrons. The average Bonchev–Trinajstić information content (AvgIpc) is 2.57. The van der Waals surface area contributed by atoms with Gasteiger partial charge in [-0.2, -0.15) is 0 Å². The van der Waals surface area contributed by atoms with E-state index in [4.69, 9.17) is 5.21 Å². The van der Waals surface area contributed by atoms with E-state index in [1.54, 1.807) is 32.0 Å². The van der Waals surface area contributed by atoms with E-state index in [1.807, 2.05) is 0 Å². The number of carbonyl (C=O) groups excluding carboxylic acids is 1. The van der Waals surface area contributed by atoms with Crippen molar-refractivity contribution in [3.8, 4) is 11.1 Å². The van der Waals surface area contributed by atoms with E-state index in [0.717, 1.165) is 10.8 Å². The van der Waals surface area contributed by atoms with Gasteiger partial charge in [-0.25, -0.2) is 14.3 Å². The lowest BCUT2D eigenvalue weighted by Gasteiger charge is -2.22. The third-order valence-electron chi connectivity index (χ3n) is 3.93. The van der Waals surface area contributed by atoms with Crippen LogP contribution in [-0.4, -0.2) is 15.7 Å². The van der Waals surface area contributed by atoms with Crippen LogP contribution in [-0.2, 0) is 11.3 Å². The Morgan fingerprint density at radius 3 is 2.46 bits per heavy atom. The van der Waals surface area contributed by atoms with Crippen molar-refractivity contribution in [2.45, 2.75) is 26.8 Å². The Hall–Kier alpha value is -2.54. The lowest BCUT2D eigenvalue weighted by Crippen LogP contribution is -2.36. The van der Waals surface area contributed by atoms with E-state index in [2.05, 4.69) is 0 Å². The van der Waals surface area contributed by atoms with E-state index >= 15 is 0 Å². The van der Waals surface area contributed by atoms with Gasteiger partial charge in [-0.05, 0) is 12.0 Å². The van der Waals surface area contributed by atoms with Crippen LogP contribution < -0.4 is 11.0 Å². The molecule has 2 rings (SSSR count). The number of nitrogens with one attached hydrogen (secondary N) is 1. The summed E-state index contributed by atoms with van der Waals surface area (Å²) < 4.78 is 29.6. The first-order valence-electron chi connectivity index (χ1n) is 7.36. The molecule has 0 bridgehead atoms. The van der Waals surface area contributed by atoms with Gasteiger partial charge in [0, 0.05) is 18.2 Å². The summed E-state index contributed by atoms with van der Waals surface area (Å²) in [7, 11) is 0. The van der Waals surface area contributed by atoms with Crippen LogP contribution in [0.5, 0.6) is 0 Å². The Balaban J connectivity index is 2.35. The predicted octanol–water partition coefficient (Wildman–Crippen LogP) is 2.72. The Morgan fingerprint density at radius 2 is 1.88 bits per heavy atom. The lowest BCUT2D eigenvalue weighted by molar-refractivity contribution is -0.138. The highest BCUT2D eigenvalue weighted by atomic mass is 19.1. The van der Waals surface area contributed by atoms with E-state index in [0.29, 0.717) is 0 Å². The second-order valence-electron chi connectivity index (χ2n) is 6.11. The summed E-state index contributed by atoms with van der Waals surface area (Å²) in [5.74, 6) is -2.68. The molecule has 0 atom stereocenters. The minimum atomic E-state index is -1.18. The topological polar surface area (TPSA) is 71.3 Å². The van der Waals surface area contributed by atoms with Crippen molar-refractivity contribution in [2.75, 3.05) is 0 Å². The highest BCUT2D eigenvalue weighted by Gasteiger charge is 2.27. The Bertz CT molecular complexity index is 801. The van der Waals surface area contributed by atoms with Gasteiger partial charge in [0.1, 0.15) is 5.82 Å². The van der Waals surface area contributed by atoms with Gasteiger partial charge in [0.2, 0.25) is 5.91 Å². The second kappa shape index (κ2) is 6.92. The summed E-state index contributed by atoms with van der Waals surface area (Å²) in [5, 5.41) is 8.68. The first kappa shape index (κ1) is 17.8. The molecule has 0 fully saturated rings. The van der Waals surface area contributed by atoms with Gasteiger partial charge in [0.15, 0.2) is 5.82 Å². The van der Waals surface area contributed by atoms with E-state index in [9.17, 15) is 18.4 Å². The number of rotatable bonds is 5. The van der Waals surface area contributed by atoms with Gasteiger partial charge in [0.05, 0.1) is 5.56 Å². The summed E-state index contributed by atoms with van der Waals surface area (Å²) in [5.41, 5.74) is -0.525. The van der Waals surface area contributed by atoms with Gasteiger partial charge >= 0.3 is 0 Å². The maximum atomic E-state index is 14.4. The number of pyridine rings is 1. The minimum absolute atomic E-state index is 0.0673. The van der Waals surface area contributed by atoms with Crippen molar-refractivity contribution in [3.63, 3.8) is 0 Å². The van der Waals surface area contributed by atoms with Crippen molar-refractivity contribution in [2.24, 2.45) is 5.41 Å². The zero-order valence-corrected chi connectivity index (χ0v) is 13.3. The van der Waals surface area contributed by atoms with Crippen molar-refractivity contribution in [1.82, 2.24) is 10.0 Å². The molecule has 5 nitrogen and oxygen atoms in total. The zero-order chi connectivity index (χ0) is 17.9. The molecule has 0 saturated heterocycles. The van der Waals surface area contributed by atoms with Crippen molar-refractivity contribution in [3.05, 3.63) is 58.5 Å². The summed E-state index contributed by atoms with van der Waals surface area (Å²) in [6, 6.07) is 7.97. The van der Waals surface area contributed by atoms with Crippen molar-refractivity contribution >= 4 is 5.91 Å². The normalized spacial score (nSPS) is 11.4. The van der Waals surface area contributed by atoms with Gasteiger partial charge in [-0.1, -0.05) is 44.2 Å². The monoisotopic (exact) mass is 336 g/mol. The highest BCUT2D eigenvalue weighted by Crippen LogP contribution is 2.25. The molecule has 0 aliphatic carbocycles. The fourth-order valence-electron chi connectivity index (χ4n) is 2.30. The Kier molecular flexibility index (Phi) is 5.14. The molecule has 24 heavy (non-hydrogen) atoms. The quantitative estimate of drug-likeness (QED) is 0.651. The molecule has 0 radical (unpaired) electrons. The molecule has 0 spiro atoms. The van der Waals surface area contributed by atoms with Gasteiger partial charge < -0.3 is 4.57 Å². The van der Waals surface area contributed by atoms with Crippen LogP contribution in [0.25, 0.3) is 11.1 Å². The Labute approximate surface area is 137 Å². The van der Waals surface area contributed by atoms with Crippen LogP contribution in [0.3, 0.4) is 0 Å². The summed E-state index contributed by atoms with van der Waals surface area (Å²) >= 11 is 0. The molecule has 0 saturated carbocycles. The molecular weight excluding hydrogens is 318 g/mol. The molecule has 1 aromatic heterocycles. The lowest BCUT2D eigenvalue weighted by atomic mass is 9.88. The number of amides is 1. The molecule has 7 heteroatoms. The molecule has 2 N–H and O–H groups in total. The summed E-state index contributed by atoms with van der Waals surface area (Å²) in [6.07, 6.45) is 1.05. The van der Waals surface area contributed by atoms with Crippen molar-refractivity contribution < 1.29 is 18.8 Å². The third kappa shape index (κ3) is 3.51. The SMILES string of the molecule is CC(C)(CCn1cc(F)c(-c2ccccc2)c(F)c1=O)C(=O)NO. The average molecular weight is 336 g/mol. The van der Waals surface area contributed by atoms with Crippen LogP contribution in [0.1, 0.15) is 20.3 Å². The molecule has 1 amide bonds. The van der Waals surface area contributed by atoms with Gasteiger partial charge in [0.25, 0.3) is 5.56 Å². The van der Waals surface area contributed by atoms with E-state index in [1.165, 1.54) is 17.6 Å². The standard InChI is InChI=1S/C17H18F2N2O3/c1-17(2,16(23)20-24)8-9-21-10-12(18)13(14(19)15(21)22)11-6-4-3-5-7-11/h3-7,10,24H,8-9H2,1-2H3,(H,20,23). The number of hydrogen-bond acceptors (Lipinski definition) is 3. The molecule has 1 heterocycles. The van der Waals surface area contributed by atoms with Crippen LogP contribution in [0.15, 0.2) is 41.3 Å². The number of aromatic nitrogens is 1. The number of halogens is 2. The molecular formula is C17H18F2N2O3. The van der Waals surface area contributed by atoms with Crippen LogP contribution in [0.2, 0.25) is 0 Å². The minimum Gasteiger partial charge on any atom is -0.310 e. The van der Waals surface area contributed by atoms with E-state index < -0.39 is 28.5 Å². The first-order chi connectivity index (χ1) is 11.3.